The van der Waals surface area contributed by atoms with Crippen LogP contribution < -0.4 is 11.1 Å². The third-order valence-electron chi connectivity index (χ3n) is 3.74. The number of hydrogen-bond acceptors (Lipinski definition) is 2. The largest absolute Gasteiger partial charge is 0.392 e. The minimum atomic E-state index is -0.667. The molecule has 1 fully saturated rings. The normalized spacial score (nSPS) is 17.2. The lowest BCUT2D eigenvalue weighted by Gasteiger charge is -2.26. The van der Waals surface area contributed by atoms with Crippen LogP contribution in [-0.2, 0) is 4.79 Å². The van der Waals surface area contributed by atoms with Crippen molar-refractivity contribution in [2.75, 3.05) is 5.32 Å². The van der Waals surface area contributed by atoms with E-state index in [1.165, 1.54) is 0 Å². The third kappa shape index (κ3) is 2.82. The predicted octanol–water partition coefficient (Wildman–Crippen LogP) is 3.54. The van der Waals surface area contributed by atoms with Gasteiger partial charge in [0, 0.05) is 4.47 Å². The average Bonchev–Trinajstić information content (AvgIpc) is 2.83. The van der Waals surface area contributed by atoms with Crippen molar-refractivity contribution in [3.63, 3.8) is 0 Å². The standard InChI is InChI=1S/C14H17BrN2OS/c1-9-4-5-11(10(15)8-9)17-13(18)14(12(16)19)6-2-3-7-14/h4-5,8H,2-3,6-7H2,1H3,(H2,16,19)(H,17,18). The van der Waals surface area contributed by atoms with Gasteiger partial charge >= 0.3 is 0 Å². The monoisotopic (exact) mass is 340 g/mol. The van der Waals surface area contributed by atoms with Crippen molar-refractivity contribution in [3.8, 4) is 0 Å². The number of carbonyl (C=O) groups excluding carboxylic acids is 1. The fourth-order valence-corrected chi connectivity index (χ4v) is 3.42. The van der Waals surface area contributed by atoms with Crippen LogP contribution in [0.4, 0.5) is 5.69 Å². The first-order valence-electron chi connectivity index (χ1n) is 6.33. The fourth-order valence-electron chi connectivity index (χ4n) is 2.53. The Morgan fingerprint density at radius 2 is 2.05 bits per heavy atom. The molecule has 0 aliphatic heterocycles. The van der Waals surface area contributed by atoms with Gasteiger partial charge in [0.05, 0.1) is 16.1 Å². The Balaban J connectivity index is 2.22. The van der Waals surface area contributed by atoms with Crippen molar-refractivity contribution >= 4 is 44.7 Å². The first-order valence-corrected chi connectivity index (χ1v) is 7.53. The molecule has 1 aliphatic carbocycles. The Labute approximate surface area is 127 Å². The summed E-state index contributed by atoms with van der Waals surface area (Å²) < 4.78 is 0.872. The Hall–Kier alpha value is -0.940. The minimum absolute atomic E-state index is 0.0814. The highest BCUT2D eigenvalue weighted by molar-refractivity contribution is 9.10. The zero-order chi connectivity index (χ0) is 14.0. The quantitative estimate of drug-likeness (QED) is 0.827. The SMILES string of the molecule is Cc1ccc(NC(=O)C2(C(N)=S)CCCC2)c(Br)c1. The second kappa shape index (κ2) is 5.59. The van der Waals surface area contributed by atoms with E-state index in [1.54, 1.807) is 0 Å². The van der Waals surface area contributed by atoms with Gasteiger partial charge < -0.3 is 11.1 Å². The molecule has 2 rings (SSSR count). The number of nitrogens with two attached hydrogens (primary N) is 1. The zero-order valence-corrected chi connectivity index (χ0v) is 13.2. The van der Waals surface area contributed by atoms with Gasteiger partial charge in [-0.2, -0.15) is 0 Å². The molecule has 1 amide bonds. The molecule has 0 aromatic heterocycles. The average molecular weight is 341 g/mol. The smallest absolute Gasteiger partial charge is 0.237 e. The van der Waals surface area contributed by atoms with Gasteiger partial charge in [-0.05, 0) is 53.4 Å². The Morgan fingerprint density at radius 1 is 1.42 bits per heavy atom. The molecule has 0 bridgehead atoms. The van der Waals surface area contributed by atoms with Crippen LogP contribution in [0.25, 0.3) is 0 Å². The first-order chi connectivity index (χ1) is 8.95. The van der Waals surface area contributed by atoms with E-state index in [0.717, 1.165) is 41.4 Å². The van der Waals surface area contributed by atoms with Crippen molar-refractivity contribution in [3.05, 3.63) is 28.2 Å². The molecule has 0 unspecified atom stereocenters. The summed E-state index contributed by atoms with van der Waals surface area (Å²) in [6, 6.07) is 5.82. The fraction of sp³-hybridized carbons (Fsp3) is 0.429. The lowest BCUT2D eigenvalue weighted by atomic mass is 9.85. The molecule has 19 heavy (non-hydrogen) atoms. The number of hydrogen-bond donors (Lipinski definition) is 2. The van der Waals surface area contributed by atoms with Crippen LogP contribution in [-0.4, -0.2) is 10.9 Å². The highest BCUT2D eigenvalue weighted by atomic mass is 79.9. The molecule has 1 saturated carbocycles. The third-order valence-corrected chi connectivity index (χ3v) is 4.78. The second-order valence-corrected chi connectivity index (χ2v) is 6.39. The maximum absolute atomic E-state index is 12.5. The summed E-state index contributed by atoms with van der Waals surface area (Å²) in [7, 11) is 0. The number of carbonyl (C=O) groups is 1. The summed E-state index contributed by atoms with van der Waals surface area (Å²) in [6.45, 7) is 2.00. The van der Waals surface area contributed by atoms with Crippen molar-refractivity contribution < 1.29 is 4.79 Å². The molecule has 3 nitrogen and oxygen atoms in total. The molecular weight excluding hydrogens is 324 g/mol. The lowest BCUT2D eigenvalue weighted by Crippen LogP contribution is -2.44. The molecule has 1 aromatic carbocycles. The molecule has 0 atom stereocenters. The molecule has 0 radical (unpaired) electrons. The van der Waals surface area contributed by atoms with Crippen molar-refractivity contribution in [1.29, 1.82) is 0 Å². The molecule has 1 aliphatic rings. The maximum atomic E-state index is 12.5. The number of nitrogens with one attached hydrogen (secondary N) is 1. The van der Waals surface area contributed by atoms with Gasteiger partial charge in [0.15, 0.2) is 0 Å². The Kier molecular flexibility index (Phi) is 4.26. The van der Waals surface area contributed by atoms with Gasteiger partial charge in [-0.15, -0.1) is 0 Å². The van der Waals surface area contributed by atoms with Crippen LogP contribution in [0.15, 0.2) is 22.7 Å². The minimum Gasteiger partial charge on any atom is -0.392 e. The van der Waals surface area contributed by atoms with E-state index in [1.807, 2.05) is 25.1 Å². The molecular formula is C14H17BrN2OS. The number of thiocarbonyl (C=S) groups is 1. The van der Waals surface area contributed by atoms with Gasteiger partial charge in [-0.3, -0.25) is 4.79 Å². The number of rotatable bonds is 3. The second-order valence-electron chi connectivity index (χ2n) is 5.09. The summed E-state index contributed by atoms with van der Waals surface area (Å²) >= 11 is 8.58. The molecule has 1 aromatic rings. The zero-order valence-electron chi connectivity index (χ0n) is 10.8. The Bertz CT molecular complexity index is 524. The number of aryl methyl sites for hydroxylation is 1. The maximum Gasteiger partial charge on any atom is 0.237 e. The van der Waals surface area contributed by atoms with Crippen LogP contribution >= 0.6 is 28.1 Å². The Morgan fingerprint density at radius 3 is 2.58 bits per heavy atom. The molecule has 102 valence electrons. The van der Waals surface area contributed by atoms with Gasteiger partial charge in [-0.1, -0.05) is 31.1 Å². The number of halogens is 1. The van der Waals surface area contributed by atoms with Gasteiger partial charge in [0.25, 0.3) is 0 Å². The van der Waals surface area contributed by atoms with Gasteiger partial charge in [0.1, 0.15) is 0 Å². The van der Waals surface area contributed by atoms with E-state index in [-0.39, 0.29) is 5.91 Å². The highest BCUT2D eigenvalue weighted by Crippen LogP contribution is 2.40. The number of anilines is 1. The van der Waals surface area contributed by atoms with Crippen molar-refractivity contribution in [1.82, 2.24) is 0 Å². The van der Waals surface area contributed by atoms with E-state index in [4.69, 9.17) is 18.0 Å². The number of benzene rings is 1. The van der Waals surface area contributed by atoms with Crippen LogP contribution in [0.1, 0.15) is 31.2 Å². The van der Waals surface area contributed by atoms with Gasteiger partial charge in [-0.25, -0.2) is 0 Å². The van der Waals surface area contributed by atoms with Crippen LogP contribution in [0, 0.1) is 12.3 Å². The molecule has 3 N–H and O–H groups in total. The van der Waals surface area contributed by atoms with E-state index in [0.29, 0.717) is 4.99 Å². The van der Waals surface area contributed by atoms with E-state index >= 15 is 0 Å². The van der Waals surface area contributed by atoms with E-state index < -0.39 is 5.41 Å². The van der Waals surface area contributed by atoms with Gasteiger partial charge in [0.2, 0.25) is 5.91 Å². The van der Waals surface area contributed by atoms with E-state index in [2.05, 4.69) is 21.2 Å². The molecule has 0 spiro atoms. The predicted molar refractivity (Wildman–Crippen MR) is 85.2 cm³/mol. The highest BCUT2D eigenvalue weighted by Gasteiger charge is 2.44. The van der Waals surface area contributed by atoms with E-state index in [9.17, 15) is 4.79 Å². The topological polar surface area (TPSA) is 55.1 Å². The van der Waals surface area contributed by atoms with Crippen LogP contribution in [0.3, 0.4) is 0 Å². The van der Waals surface area contributed by atoms with Crippen LogP contribution in [0.2, 0.25) is 0 Å². The summed E-state index contributed by atoms with van der Waals surface area (Å²) in [5, 5.41) is 2.95. The van der Waals surface area contributed by atoms with Crippen molar-refractivity contribution in [2.24, 2.45) is 11.1 Å². The number of amides is 1. The molecule has 5 heteroatoms. The summed E-state index contributed by atoms with van der Waals surface area (Å²) in [5.74, 6) is -0.0814. The molecule has 0 heterocycles. The summed E-state index contributed by atoms with van der Waals surface area (Å²) in [5.41, 5.74) is 7.04. The lowest BCUT2D eigenvalue weighted by molar-refractivity contribution is -0.122. The van der Waals surface area contributed by atoms with Crippen LogP contribution in [0.5, 0.6) is 0 Å². The van der Waals surface area contributed by atoms with Crippen molar-refractivity contribution in [2.45, 2.75) is 32.6 Å². The first kappa shape index (κ1) is 14.5. The summed E-state index contributed by atoms with van der Waals surface area (Å²) in [6.07, 6.45) is 3.49. The summed E-state index contributed by atoms with van der Waals surface area (Å²) in [4.78, 5) is 12.8. The molecule has 0 saturated heterocycles.